The maximum atomic E-state index is 11.5. The molecule has 0 radical (unpaired) electrons. The Labute approximate surface area is 95.5 Å². The first-order valence-electron chi connectivity index (χ1n) is 5.72. The maximum absolute atomic E-state index is 11.5. The van der Waals surface area contributed by atoms with Crippen LogP contribution in [0, 0.1) is 5.92 Å². The summed E-state index contributed by atoms with van der Waals surface area (Å²) in [4.78, 5) is 11.5. The van der Waals surface area contributed by atoms with E-state index in [0.717, 1.165) is 18.4 Å². The molecule has 0 aromatic heterocycles. The van der Waals surface area contributed by atoms with Crippen LogP contribution in [-0.4, -0.2) is 17.1 Å². The number of nitrogens with one attached hydrogen (secondary N) is 1. The molecular formula is C13H17NO2. The van der Waals surface area contributed by atoms with E-state index in [0.29, 0.717) is 0 Å². The van der Waals surface area contributed by atoms with E-state index in [-0.39, 0.29) is 17.9 Å². The second-order valence-electron chi connectivity index (χ2n) is 4.43. The fourth-order valence-corrected chi connectivity index (χ4v) is 1.71. The Kier molecular flexibility index (Phi) is 3.25. The van der Waals surface area contributed by atoms with E-state index in [1.54, 1.807) is 0 Å². The molecular weight excluding hydrogens is 202 g/mol. The van der Waals surface area contributed by atoms with Crippen molar-refractivity contribution in [1.29, 1.82) is 0 Å². The van der Waals surface area contributed by atoms with Gasteiger partial charge in [-0.1, -0.05) is 30.3 Å². The average molecular weight is 219 g/mol. The second kappa shape index (κ2) is 4.66. The Morgan fingerprint density at radius 2 is 2.00 bits per heavy atom. The predicted molar refractivity (Wildman–Crippen MR) is 61.7 cm³/mol. The molecule has 0 bridgehead atoms. The zero-order valence-corrected chi connectivity index (χ0v) is 9.39. The van der Waals surface area contributed by atoms with Crippen LogP contribution < -0.4 is 5.32 Å². The number of hydrogen-bond donors (Lipinski definition) is 2. The number of carbonyl (C=O) groups excluding carboxylic acids is 1. The highest BCUT2D eigenvalue weighted by molar-refractivity contribution is 5.81. The number of hydrogen-bond acceptors (Lipinski definition) is 2. The SMILES string of the molecule is C[C@@H](NC(=O)C1CC1)[C@@H](O)c1ccccc1. The third-order valence-corrected chi connectivity index (χ3v) is 2.93. The van der Waals surface area contributed by atoms with E-state index in [9.17, 15) is 9.90 Å². The summed E-state index contributed by atoms with van der Waals surface area (Å²) in [6, 6.07) is 9.16. The average Bonchev–Trinajstić information content (AvgIpc) is 3.13. The molecule has 16 heavy (non-hydrogen) atoms. The van der Waals surface area contributed by atoms with Gasteiger partial charge in [-0.15, -0.1) is 0 Å². The van der Waals surface area contributed by atoms with E-state index in [1.807, 2.05) is 37.3 Å². The molecule has 1 aromatic rings. The molecule has 1 aliphatic rings. The topological polar surface area (TPSA) is 49.3 Å². The normalized spacial score (nSPS) is 18.9. The first-order valence-corrected chi connectivity index (χ1v) is 5.72. The van der Waals surface area contributed by atoms with Gasteiger partial charge in [0.25, 0.3) is 0 Å². The van der Waals surface area contributed by atoms with Gasteiger partial charge in [0.15, 0.2) is 0 Å². The molecule has 3 nitrogen and oxygen atoms in total. The third-order valence-electron chi connectivity index (χ3n) is 2.93. The van der Waals surface area contributed by atoms with Gasteiger partial charge in [-0.2, -0.15) is 0 Å². The van der Waals surface area contributed by atoms with Crippen LogP contribution in [0.5, 0.6) is 0 Å². The molecule has 2 rings (SSSR count). The van der Waals surface area contributed by atoms with Gasteiger partial charge in [-0.3, -0.25) is 4.79 Å². The molecule has 0 unspecified atom stereocenters. The molecule has 1 saturated carbocycles. The van der Waals surface area contributed by atoms with Crippen LogP contribution in [-0.2, 0) is 4.79 Å². The van der Waals surface area contributed by atoms with Gasteiger partial charge in [0.05, 0.1) is 12.1 Å². The molecule has 1 aromatic carbocycles. The van der Waals surface area contributed by atoms with Gasteiger partial charge in [0.1, 0.15) is 0 Å². The first-order chi connectivity index (χ1) is 7.68. The highest BCUT2D eigenvalue weighted by Gasteiger charge is 2.31. The lowest BCUT2D eigenvalue weighted by atomic mass is 10.0. The van der Waals surface area contributed by atoms with E-state index >= 15 is 0 Å². The molecule has 0 spiro atoms. The fraction of sp³-hybridized carbons (Fsp3) is 0.462. The summed E-state index contributed by atoms with van der Waals surface area (Å²) in [5.41, 5.74) is 0.839. The Balaban J connectivity index is 1.93. The van der Waals surface area contributed by atoms with Crippen LogP contribution in [0.3, 0.4) is 0 Å². The van der Waals surface area contributed by atoms with Gasteiger partial charge >= 0.3 is 0 Å². The standard InChI is InChI=1S/C13H17NO2/c1-9(14-13(16)11-7-8-11)12(15)10-5-3-2-4-6-10/h2-6,9,11-12,15H,7-8H2,1H3,(H,14,16)/t9-,12-/m1/s1. The lowest BCUT2D eigenvalue weighted by molar-refractivity contribution is -0.123. The summed E-state index contributed by atoms with van der Waals surface area (Å²) in [6.45, 7) is 1.83. The van der Waals surface area contributed by atoms with Crippen molar-refractivity contribution in [3.63, 3.8) is 0 Å². The van der Waals surface area contributed by atoms with Crippen molar-refractivity contribution in [3.05, 3.63) is 35.9 Å². The molecule has 0 aliphatic heterocycles. The summed E-state index contributed by atoms with van der Waals surface area (Å²) >= 11 is 0. The zero-order chi connectivity index (χ0) is 11.5. The van der Waals surface area contributed by atoms with Crippen molar-refractivity contribution in [2.45, 2.75) is 31.9 Å². The monoisotopic (exact) mass is 219 g/mol. The smallest absolute Gasteiger partial charge is 0.223 e. The van der Waals surface area contributed by atoms with Gasteiger partial charge in [-0.05, 0) is 25.3 Å². The Hall–Kier alpha value is -1.35. The summed E-state index contributed by atoms with van der Waals surface area (Å²) in [5, 5.41) is 12.9. The number of benzene rings is 1. The molecule has 2 N–H and O–H groups in total. The molecule has 1 aliphatic carbocycles. The summed E-state index contributed by atoms with van der Waals surface area (Å²) in [6.07, 6.45) is 1.34. The highest BCUT2D eigenvalue weighted by Crippen LogP contribution is 2.29. The van der Waals surface area contributed by atoms with Crippen LogP contribution in [0.4, 0.5) is 0 Å². The van der Waals surface area contributed by atoms with Crippen molar-refractivity contribution in [3.8, 4) is 0 Å². The first kappa shape index (κ1) is 11.1. The number of rotatable bonds is 4. The van der Waals surface area contributed by atoms with E-state index in [1.165, 1.54) is 0 Å². The van der Waals surface area contributed by atoms with E-state index < -0.39 is 6.10 Å². The van der Waals surface area contributed by atoms with Crippen LogP contribution in [0.15, 0.2) is 30.3 Å². The lowest BCUT2D eigenvalue weighted by Crippen LogP contribution is -2.37. The fourth-order valence-electron chi connectivity index (χ4n) is 1.71. The molecule has 0 heterocycles. The quantitative estimate of drug-likeness (QED) is 0.808. The van der Waals surface area contributed by atoms with Crippen LogP contribution in [0.1, 0.15) is 31.4 Å². The second-order valence-corrected chi connectivity index (χ2v) is 4.43. The number of aliphatic hydroxyl groups excluding tert-OH is 1. The van der Waals surface area contributed by atoms with Crippen molar-refractivity contribution < 1.29 is 9.90 Å². The van der Waals surface area contributed by atoms with Gasteiger partial charge < -0.3 is 10.4 Å². The highest BCUT2D eigenvalue weighted by atomic mass is 16.3. The minimum absolute atomic E-state index is 0.0717. The van der Waals surface area contributed by atoms with Crippen molar-refractivity contribution in [2.75, 3.05) is 0 Å². The maximum Gasteiger partial charge on any atom is 0.223 e. The predicted octanol–water partition coefficient (Wildman–Crippen LogP) is 1.63. The molecule has 86 valence electrons. The largest absolute Gasteiger partial charge is 0.386 e. The minimum Gasteiger partial charge on any atom is -0.386 e. The Bertz CT molecular complexity index is 359. The van der Waals surface area contributed by atoms with Crippen molar-refractivity contribution in [1.82, 2.24) is 5.32 Å². The Morgan fingerprint density at radius 1 is 1.38 bits per heavy atom. The zero-order valence-electron chi connectivity index (χ0n) is 9.39. The number of carbonyl (C=O) groups is 1. The summed E-state index contributed by atoms with van der Waals surface area (Å²) in [7, 11) is 0. The number of amides is 1. The van der Waals surface area contributed by atoms with E-state index in [2.05, 4.69) is 5.32 Å². The molecule has 1 fully saturated rings. The van der Waals surface area contributed by atoms with Gasteiger partial charge in [0.2, 0.25) is 5.91 Å². The molecule has 0 saturated heterocycles. The van der Waals surface area contributed by atoms with E-state index in [4.69, 9.17) is 0 Å². The van der Waals surface area contributed by atoms with Crippen LogP contribution in [0.25, 0.3) is 0 Å². The number of aliphatic hydroxyl groups is 1. The summed E-state index contributed by atoms with van der Waals surface area (Å²) in [5.74, 6) is 0.257. The minimum atomic E-state index is -0.635. The molecule has 3 heteroatoms. The van der Waals surface area contributed by atoms with Crippen LogP contribution >= 0.6 is 0 Å². The summed E-state index contributed by atoms with van der Waals surface area (Å²) < 4.78 is 0. The van der Waals surface area contributed by atoms with Crippen molar-refractivity contribution >= 4 is 5.91 Å². The molecule has 1 amide bonds. The lowest BCUT2D eigenvalue weighted by Gasteiger charge is -2.20. The van der Waals surface area contributed by atoms with Gasteiger partial charge in [-0.25, -0.2) is 0 Å². The van der Waals surface area contributed by atoms with Gasteiger partial charge in [0, 0.05) is 5.92 Å². The Morgan fingerprint density at radius 3 is 2.56 bits per heavy atom. The third kappa shape index (κ3) is 2.61. The molecule has 2 atom stereocenters. The van der Waals surface area contributed by atoms with Crippen molar-refractivity contribution in [2.24, 2.45) is 5.92 Å². The van der Waals surface area contributed by atoms with Crippen LogP contribution in [0.2, 0.25) is 0 Å².